The van der Waals surface area contributed by atoms with E-state index in [4.69, 9.17) is 15.9 Å². The summed E-state index contributed by atoms with van der Waals surface area (Å²) in [4.78, 5) is 14.2. The fraction of sp³-hybridized carbons (Fsp3) is 0.556. The van der Waals surface area contributed by atoms with Gasteiger partial charge in [-0.25, -0.2) is 0 Å². The van der Waals surface area contributed by atoms with E-state index in [0.717, 1.165) is 32.2 Å². The largest absolute Gasteiger partial charge is 0.491 e. The summed E-state index contributed by atoms with van der Waals surface area (Å²) in [6.45, 7) is 5.01. The minimum atomic E-state index is 0.114. The number of ether oxygens (including phenoxy) is 1. The summed E-state index contributed by atoms with van der Waals surface area (Å²) >= 11 is 0. The van der Waals surface area contributed by atoms with Crippen LogP contribution in [0.5, 0.6) is 5.75 Å². The van der Waals surface area contributed by atoms with E-state index in [-0.39, 0.29) is 11.9 Å². The number of rotatable bonds is 6. The molecule has 5 nitrogen and oxygen atoms in total. The van der Waals surface area contributed by atoms with Crippen molar-refractivity contribution < 1.29 is 9.53 Å². The summed E-state index contributed by atoms with van der Waals surface area (Å²) in [6, 6.07) is 5.56. The zero-order valence-electron chi connectivity index (χ0n) is 14.1. The van der Waals surface area contributed by atoms with Crippen LogP contribution in [0, 0.1) is 5.41 Å². The Morgan fingerprint density at radius 1 is 1.43 bits per heavy atom. The predicted molar refractivity (Wildman–Crippen MR) is 93.1 cm³/mol. The molecular weight excluding hydrogens is 290 g/mol. The molecule has 5 heteroatoms. The number of amides is 1. The molecule has 1 aromatic carbocycles. The van der Waals surface area contributed by atoms with Gasteiger partial charge in [0.15, 0.2) is 0 Å². The number of hydrogen-bond acceptors (Lipinski definition) is 4. The summed E-state index contributed by atoms with van der Waals surface area (Å²) in [6.07, 6.45) is 4.62. The second kappa shape index (κ2) is 7.99. The van der Waals surface area contributed by atoms with Crippen LogP contribution in [0.25, 0.3) is 0 Å². The van der Waals surface area contributed by atoms with Gasteiger partial charge in [-0.15, -0.1) is 0 Å². The smallest absolute Gasteiger partial charge is 0.222 e. The van der Waals surface area contributed by atoms with Crippen LogP contribution >= 0.6 is 0 Å². The maximum absolute atomic E-state index is 12.3. The number of benzene rings is 1. The molecule has 2 rings (SSSR count). The quantitative estimate of drug-likeness (QED) is 0.624. The molecule has 1 aliphatic rings. The van der Waals surface area contributed by atoms with Crippen LogP contribution in [0.15, 0.2) is 18.2 Å². The number of anilines is 1. The Morgan fingerprint density at radius 3 is 2.91 bits per heavy atom. The number of nitrogen functional groups attached to an aromatic ring is 1. The first kappa shape index (κ1) is 17.3. The summed E-state index contributed by atoms with van der Waals surface area (Å²) in [5, 5.41) is 7.88. The highest BCUT2D eigenvalue weighted by molar-refractivity contribution is 6.03. The number of nitrogens with one attached hydrogen (secondary N) is 1. The molecule has 1 heterocycles. The summed E-state index contributed by atoms with van der Waals surface area (Å²) in [7, 11) is 0. The Hall–Kier alpha value is -2.04. The van der Waals surface area contributed by atoms with E-state index in [1.165, 1.54) is 0 Å². The van der Waals surface area contributed by atoms with Gasteiger partial charge in [-0.05, 0) is 44.7 Å². The van der Waals surface area contributed by atoms with Crippen LogP contribution in [0.2, 0.25) is 0 Å². The van der Waals surface area contributed by atoms with Gasteiger partial charge >= 0.3 is 0 Å². The van der Waals surface area contributed by atoms with Crippen LogP contribution in [0.4, 0.5) is 5.69 Å². The molecule has 0 spiro atoms. The van der Waals surface area contributed by atoms with Crippen molar-refractivity contribution in [3.05, 3.63) is 23.8 Å². The Balaban J connectivity index is 2.08. The minimum Gasteiger partial charge on any atom is -0.491 e. The van der Waals surface area contributed by atoms with E-state index < -0.39 is 0 Å². The van der Waals surface area contributed by atoms with Crippen LogP contribution in [-0.4, -0.2) is 35.7 Å². The molecule has 0 radical (unpaired) electrons. The van der Waals surface area contributed by atoms with Crippen LogP contribution in [0.1, 0.15) is 51.5 Å². The van der Waals surface area contributed by atoms with Crippen LogP contribution in [0.3, 0.4) is 0 Å². The molecule has 3 N–H and O–H groups in total. The van der Waals surface area contributed by atoms with E-state index in [1.807, 2.05) is 24.0 Å². The van der Waals surface area contributed by atoms with Gasteiger partial charge in [0.1, 0.15) is 12.4 Å². The number of carbonyl (C=O) groups is 1. The molecule has 0 aliphatic carbocycles. The first-order valence-electron chi connectivity index (χ1n) is 8.40. The molecule has 23 heavy (non-hydrogen) atoms. The average molecular weight is 317 g/mol. The Morgan fingerprint density at radius 2 is 2.22 bits per heavy atom. The maximum Gasteiger partial charge on any atom is 0.222 e. The van der Waals surface area contributed by atoms with Crippen LogP contribution < -0.4 is 10.5 Å². The average Bonchev–Trinajstić information content (AvgIpc) is 2.53. The van der Waals surface area contributed by atoms with Crippen molar-refractivity contribution in [2.75, 3.05) is 18.9 Å². The van der Waals surface area contributed by atoms with Crippen LogP contribution in [-0.2, 0) is 4.79 Å². The lowest BCUT2D eigenvalue weighted by Gasteiger charge is -2.35. The molecule has 0 saturated carbocycles. The first-order chi connectivity index (χ1) is 11.0. The second-order valence-electron chi connectivity index (χ2n) is 6.14. The Kier molecular flexibility index (Phi) is 6.02. The van der Waals surface area contributed by atoms with E-state index in [0.29, 0.717) is 35.7 Å². The van der Waals surface area contributed by atoms with Gasteiger partial charge in [0, 0.05) is 24.4 Å². The normalized spacial score (nSPS) is 17.8. The topological polar surface area (TPSA) is 79.4 Å². The Labute approximate surface area is 138 Å². The van der Waals surface area contributed by atoms with Gasteiger partial charge in [0.05, 0.1) is 11.6 Å². The van der Waals surface area contributed by atoms with Gasteiger partial charge in [-0.1, -0.05) is 13.0 Å². The van der Waals surface area contributed by atoms with Crippen molar-refractivity contribution in [1.29, 1.82) is 5.41 Å². The SMILES string of the molecule is CCCC(=O)N1CCCCC1COc1cccc(N)c1C(C)=N. The molecule has 1 aromatic rings. The zero-order chi connectivity index (χ0) is 16.8. The van der Waals surface area contributed by atoms with Crippen molar-refractivity contribution in [2.24, 2.45) is 0 Å². The fourth-order valence-corrected chi connectivity index (χ4v) is 3.12. The number of carbonyl (C=O) groups excluding carboxylic acids is 1. The van der Waals surface area contributed by atoms with Crippen molar-refractivity contribution in [2.45, 2.75) is 52.0 Å². The first-order valence-corrected chi connectivity index (χ1v) is 8.40. The molecule has 0 aromatic heterocycles. The number of likely N-dealkylation sites (tertiary alicyclic amines) is 1. The molecule has 1 amide bonds. The van der Waals surface area contributed by atoms with E-state index in [9.17, 15) is 4.79 Å². The zero-order valence-corrected chi connectivity index (χ0v) is 14.1. The van der Waals surface area contributed by atoms with Crippen molar-refractivity contribution in [3.8, 4) is 5.75 Å². The lowest BCUT2D eigenvalue weighted by molar-refractivity contribution is -0.135. The molecule has 1 saturated heterocycles. The van der Waals surface area contributed by atoms with Crippen molar-refractivity contribution in [1.82, 2.24) is 4.90 Å². The van der Waals surface area contributed by atoms with Gasteiger partial charge in [-0.3, -0.25) is 4.79 Å². The van der Waals surface area contributed by atoms with Crippen molar-refractivity contribution >= 4 is 17.3 Å². The van der Waals surface area contributed by atoms with E-state index in [1.54, 1.807) is 13.0 Å². The number of nitrogens with zero attached hydrogens (tertiary/aromatic N) is 1. The van der Waals surface area contributed by atoms with E-state index in [2.05, 4.69) is 0 Å². The molecule has 0 bridgehead atoms. The third kappa shape index (κ3) is 4.24. The van der Waals surface area contributed by atoms with Gasteiger partial charge in [0.2, 0.25) is 5.91 Å². The minimum absolute atomic E-state index is 0.114. The standard InChI is InChI=1S/C18H27N3O2/c1-3-7-17(22)21-11-5-4-8-14(21)12-23-16-10-6-9-15(20)18(16)13(2)19/h6,9-10,14,19H,3-5,7-8,11-12,20H2,1-2H3. The third-order valence-electron chi connectivity index (χ3n) is 4.28. The molecule has 1 unspecified atom stereocenters. The Bertz CT molecular complexity index is 571. The number of piperidine rings is 1. The fourth-order valence-electron chi connectivity index (χ4n) is 3.12. The number of nitrogens with two attached hydrogens (primary N) is 1. The monoisotopic (exact) mass is 317 g/mol. The lowest BCUT2D eigenvalue weighted by atomic mass is 10.0. The second-order valence-corrected chi connectivity index (χ2v) is 6.14. The molecule has 1 atom stereocenters. The van der Waals surface area contributed by atoms with Gasteiger partial charge in [0.25, 0.3) is 0 Å². The van der Waals surface area contributed by atoms with Gasteiger partial charge in [-0.2, -0.15) is 0 Å². The summed E-state index contributed by atoms with van der Waals surface area (Å²) in [5.74, 6) is 0.850. The van der Waals surface area contributed by atoms with Crippen molar-refractivity contribution in [3.63, 3.8) is 0 Å². The molecule has 1 aliphatic heterocycles. The molecule has 1 fully saturated rings. The highest BCUT2D eigenvalue weighted by Gasteiger charge is 2.27. The number of hydrogen-bond donors (Lipinski definition) is 2. The predicted octanol–water partition coefficient (Wildman–Crippen LogP) is 3.22. The molecular formula is C18H27N3O2. The van der Waals surface area contributed by atoms with Gasteiger partial charge < -0.3 is 20.8 Å². The lowest BCUT2D eigenvalue weighted by Crippen LogP contribution is -2.46. The maximum atomic E-state index is 12.3. The molecule has 126 valence electrons. The highest BCUT2D eigenvalue weighted by atomic mass is 16.5. The third-order valence-corrected chi connectivity index (χ3v) is 4.28. The summed E-state index contributed by atoms with van der Waals surface area (Å²) < 4.78 is 5.96. The highest BCUT2D eigenvalue weighted by Crippen LogP contribution is 2.26. The summed E-state index contributed by atoms with van der Waals surface area (Å²) in [5.41, 5.74) is 7.55. The van der Waals surface area contributed by atoms with E-state index >= 15 is 0 Å².